The number of carbonyl (C=O) groups excluding carboxylic acids is 1. The first-order valence-electron chi connectivity index (χ1n) is 6.33. The number of benzene rings is 1. The molecule has 1 aromatic carbocycles. The van der Waals surface area contributed by atoms with Crippen LogP contribution in [0.4, 0.5) is 5.69 Å². The van der Waals surface area contributed by atoms with E-state index in [1.165, 1.54) is 0 Å². The van der Waals surface area contributed by atoms with Crippen LogP contribution in [0.25, 0.3) is 0 Å². The molecule has 19 heavy (non-hydrogen) atoms. The van der Waals surface area contributed by atoms with Gasteiger partial charge in [-0.3, -0.25) is 4.79 Å². The van der Waals surface area contributed by atoms with Crippen LogP contribution in [0.2, 0.25) is 0 Å². The SMILES string of the molecule is Cc1ccc(C(=O)NC(C)C)cc1NCC(O)CCl. The van der Waals surface area contributed by atoms with Crippen LogP contribution in [-0.2, 0) is 0 Å². The van der Waals surface area contributed by atoms with Gasteiger partial charge in [0, 0.05) is 23.8 Å². The zero-order valence-corrected chi connectivity index (χ0v) is 12.3. The summed E-state index contributed by atoms with van der Waals surface area (Å²) >= 11 is 5.54. The Bertz CT molecular complexity index is 435. The molecule has 1 aromatic rings. The standard InChI is InChI=1S/C14H21ClN2O2/c1-9(2)17-14(19)11-5-4-10(3)13(6-11)16-8-12(18)7-15/h4-6,9,12,16,18H,7-8H2,1-3H3,(H,17,19). The number of carbonyl (C=O) groups is 1. The average Bonchev–Trinajstić information content (AvgIpc) is 2.36. The van der Waals surface area contributed by atoms with Gasteiger partial charge in [-0.2, -0.15) is 0 Å². The topological polar surface area (TPSA) is 61.4 Å². The van der Waals surface area contributed by atoms with Gasteiger partial charge in [0.2, 0.25) is 0 Å². The predicted octanol–water partition coefficient (Wildman–Crippen LogP) is 2.14. The molecule has 0 aliphatic heterocycles. The van der Waals surface area contributed by atoms with Crippen LogP contribution in [0, 0.1) is 6.92 Å². The van der Waals surface area contributed by atoms with Gasteiger partial charge in [-0.25, -0.2) is 0 Å². The van der Waals surface area contributed by atoms with E-state index in [4.69, 9.17) is 11.6 Å². The highest BCUT2D eigenvalue weighted by Crippen LogP contribution is 2.17. The highest BCUT2D eigenvalue weighted by atomic mass is 35.5. The summed E-state index contributed by atoms with van der Waals surface area (Å²) in [6.07, 6.45) is -0.603. The molecule has 0 spiro atoms. The van der Waals surface area contributed by atoms with Gasteiger partial charge in [-0.15, -0.1) is 11.6 Å². The average molecular weight is 285 g/mol. The molecule has 4 nitrogen and oxygen atoms in total. The summed E-state index contributed by atoms with van der Waals surface area (Å²) < 4.78 is 0. The van der Waals surface area contributed by atoms with Crippen molar-refractivity contribution < 1.29 is 9.90 Å². The summed E-state index contributed by atoms with van der Waals surface area (Å²) in [5, 5.41) is 15.4. The van der Waals surface area contributed by atoms with Crippen LogP contribution in [0.15, 0.2) is 18.2 Å². The Morgan fingerprint density at radius 3 is 2.68 bits per heavy atom. The van der Waals surface area contributed by atoms with Crippen molar-refractivity contribution in [2.45, 2.75) is 32.9 Å². The number of hydrogen-bond donors (Lipinski definition) is 3. The quantitative estimate of drug-likeness (QED) is 0.702. The van der Waals surface area contributed by atoms with Gasteiger partial charge >= 0.3 is 0 Å². The van der Waals surface area contributed by atoms with Crippen LogP contribution in [0.5, 0.6) is 0 Å². The molecule has 0 fully saturated rings. The second-order valence-electron chi connectivity index (χ2n) is 4.85. The number of halogens is 1. The van der Waals surface area contributed by atoms with Crippen molar-refractivity contribution >= 4 is 23.2 Å². The van der Waals surface area contributed by atoms with Crippen molar-refractivity contribution in [1.82, 2.24) is 5.32 Å². The molecule has 0 radical (unpaired) electrons. The third kappa shape index (κ3) is 5.09. The lowest BCUT2D eigenvalue weighted by Gasteiger charge is -2.14. The van der Waals surface area contributed by atoms with E-state index < -0.39 is 6.10 Å². The fourth-order valence-corrected chi connectivity index (χ4v) is 1.69. The van der Waals surface area contributed by atoms with Crippen LogP contribution in [-0.4, -0.2) is 35.6 Å². The zero-order chi connectivity index (χ0) is 14.4. The molecule has 106 valence electrons. The van der Waals surface area contributed by atoms with E-state index in [1.54, 1.807) is 12.1 Å². The number of anilines is 1. The van der Waals surface area contributed by atoms with E-state index in [0.29, 0.717) is 12.1 Å². The molecule has 0 heterocycles. The highest BCUT2D eigenvalue weighted by molar-refractivity contribution is 6.18. The Hall–Kier alpha value is -1.26. The Morgan fingerprint density at radius 2 is 2.11 bits per heavy atom. The third-order valence-electron chi connectivity index (χ3n) is 2.63. The van der Waals surface area contributed by atoms with Crippen molar-refractivity contribution in [3.05, 3.63) is 29.3 Å². The van der Waals surface area contributed by atoms with Gasteiger partial charge in [0.1, 0.15) is 0 Å². The van der Waals surface area contributed by atoms with Crippen LogP contribution in [0.1, 0.15) is 29.8 Å². The number of aryl methyl sites for hydroxylation is 1. The number of rotatable bonds is 6. The molecule has 1 unspecified atom stereocenters. The fraction of sp³-hybridized carbons (Fsp3) is 0.500. The van der Waals surface area contributed by atoms with Crippen molar-refractivity contribution in [3.63, 3.8) is 0 Å². The predicted molar refractivity (Wildman–Crippen MR) is 79.0 cm³/mol. The number of hydrogen-bond acceptors (Lipinski definition) is 3. The Morgan fingerprint density at radius 1 is 1.42 bits per heavy atom. The number of aliphatic hydroxyl groups excluding tert-OH is 1. The van der Waals surface area contributed by atoms with Gasteiger partial charge < -0.3 is 15.7 Å². The van der Waals surface area contributed by atoms with Crippen molar-refractivity contribution in [2.24, 2.45) is 0 Å². The Kier molecular flexibility index (Phi) is 6.12. The van der Waals surface area contributed by atoms with Crippen LogP contribution < -0.4 is 10.6 Å². The minimum Gasteiger partial charge on any atom is -0.390 e. The molecule has 0 aliphatic carbocycles. The highest BCUT2D eigenvalue weighted by Gasteiger charge is 2.10. The van der Waals surface area contributed by atoms with E-state index >= 15 is 0 Å². The molecule has 1 atom stereocenters. The minimum absolute atomic E-state index is 0.100. The first-order chi connectivity index (χ1) is 8.93. The maximum atomic E-state index is 11.9. The van der Waals surface area contributed by atoms with E-state index in [1.807, 2.05) is 26.8 Å². The molecular formula is C14H21ClN2O2. The van der Waals surface area contributed by atoms with Gasteiger partial charge in [-0.1, -0.05) is 6.07 Å². The lowest BCUT2D eigenvalue weighted by atomic mass is 10.1. The van der Waals surface area contributed by atoms with E-state index in [0.717, 1.165) is 11.3 Å². The van der Waals surface area contributed by atoms with Gasteiger partial charge in [-0.05, 0) is 38.5 Å². The second-order valence-corrected chi connectivity index (χ2v) is 5.16. The van der Waals surface area contributed by atoms with Gasteiger partial charge in [0.25, 0.3) is 5.91 Å². The summed E-state index contributed by atoms with van der Waals surface area (Å²) in [5.74, 6) is 0.0792. The lowest BCUT2D eigenvalue weighted by Crippen LogP contribution is -2.30. The van der Waals surface area contributed by atoms with Crippen molar-refractivity contribution in [1.29, 1.82) is 0 Å². The maximum absolute atomic E-state index is 11.9. The van der Waals surface area contributed by atoms with Crippen molar-refractivity contribution in [3.8, 4) is 0 Å². The minimum atomic E-state index is -0.603. The van der Waals surface area contributed by atoms with Crippen LogP contribution >= 0.6 is 11.6 Å². The number of amides is 1. The molecule has 1 amide bonds. The smallest absolute Gasteiger partial charge is 0.251 e. The third-order valence-corrected chi connectivity index (χ3v) is 2.98. The molecule has 0 saturated carbocycles. The van der Waals surface area contributed by atoms with Gasteiger partial charge in [0.15, 0.2) is 0 Å². The number of aliphatic hydroxyl groups is 1. The first-order valence-corrected chi connectivity index (χ1v) is 6.87. The summed E-state index contributed by atoms with van der Waals surface area (Å²) in [6.45, 7) is 6.14. The summed E-state index contributed by atoms with van der Waals surface area (Å²) in [5.41, 5.74) is 2.45. The molecule has 3 N–H and O–H groups in total. The largest absolute Gasteiger partial charge is 0.390 e. The second kappa shape index (κ2) is 7.36. The Balaban J connectivity index is 2.79. The first kappa shape index (κ1) is 15.8. The molecule has 1 rings (SSSR count). The summed E-state index contributed by atoms with van der Waals surface area (Å²) in [7, 11) is 0. The maximum Gasteiger partial charge on any atom is 0.251 e. The summed E-state index contributed by atoms with van der Waals surface area (Å²) in [4.78, 5) is 11.9. The molecule has 5 heteroatoms. The monoisotopic (exact) mass is 284 g/mol. The number of alkyl halides is 1. The molecule has 0 bridgehead atoms. The molecule has 0 saturated heterocycles. The summed E-state index contributed by atoms with van der Waals surface area (Å²) in [6, 6.07) is 5.55. The van der Waals surface area contributed by atoms with E-state index in [-0.39, 0.29) is 17.8 Å². The fourth-order valence-electron chi connectivity index (χ4n) is 1.58. The number of nitrogens with one attached hydrogen (secondary N) is 2. The van der Waals surface area contributed by atoms with E-state index in [2.05, 4.69) is 10.6 Å². The van der Waals surface area contributed by atoms with Crippen molar-refractivity contribution in [2.75, 3.05) is 17.7 Å². The molecular weight excluding hydrogens is 264 g/mol. The normalized spacial score (nSPS) is 12.3. The van der Waals surface area contributed by atoms with Gasteiger partial charge in [0.05, 0.1) is 12.0 Å². The molecule has 0 aromatic heterocycles. The van der Waals surface area contributed by atoms with E-state index in [9.17, 15) is 9.90 Å². The van der Waals surface area contributed by atoms with Crippen LogP contribution in [0.3, 0.4) is 0 Å². The zero-order valence-electron chi connectivity index (χ0n) is 11.5. The molecule has 0 aliphatic rings. The Labute approximate surface area is 119 Å². The lowest BCUT2D eigenvalue weighted by molar-refractivity contribution is 0.0943.